The fourth-order valence-electron chi connectivity index (χ4n) is 3.14. The minimum Gasteiger partial charge on any atom is -0.493 e. The number of rotatable bonds is 7. The number of methoxy groups -OCH3 is 1. The van der Waals surface area contributed by atoms with E-state index in [-0.39, 0.29) is 11.9 Å². The van der Waals surface area contributed by atoms with Crippen LogP contribution in [0.5, 0.6) is 11.5 Å². The Morgan fingerprint density at radius 3 is 2.68 bits per heavy atom. The van der Waals surface area contributed by atoms with Gasteiger partial charge in [-0.2, -0.15) is 0 Å². The highest BCUT2D eigenvalue weighted by Crippen LogP contribution is 2.30. The van der Waals surface area contributed by atoms with Crippen molar-refractivity contribution >= 4 is 16.8 Å². The molecule has 2 aromatic carbocycles. The molecule has 0 bridgehead atoms. The SMILES string of the molecule is CCCOc1ccc(C(C)NC(=O)c2cc(C)nc3ccccc23)cc1OC. The lowest BCUT2D eigenvalue weighted by Gasteiger charge is -2.18. The molecule has 146 valence electrons. The highest BCUT2D eigenvalue weighted by Gasteiger charge is 2.16. The number of carbonyl (C=O) groups excluding carboxylic acids is 1. The Morgan fingerprint density at radius 2 is 1.93 bits per heavy atom. The van der Waals surface area contributed by atoms with Crippen molar-refractivity contribution in [3.05, 3.63) is 65.4 Å². The van der Waals surface area contributed by atoms with Gasteiger partial charge in [0.05, 0.1) is 30.8 Å². The molecule has 0 fully saturated rings. The van der Waals surface area contributed by atoms with Gasteiger partial charge in [0.1, 0.15) is 0 Å². The van der Waals surface area contributed by atoms with Gasteiger partial charge >= 0.3 is 0 Å². The van der Waals surface area contributed by atoms with Gasteiger partial charge in [0.2, 0.25) is 0 Å². The van der Waals surface area contributed by atoms with Crippen LogP contribution >= 0.6 is 0 Å². The molecule has 1 atom stereocenters. The zero-order valence-corrected chi connectivity index (χ0v) is 16.8. The molecule has 0 saturated carbocycles. The van der Waals surface area contributed by atoms with Gasteiger partial charge in [-0.3, -0.25) is 9.78 Å². The number of hydrogen-bond acceptors (Lipinski definition) is 4. The first kappa shape index (κ1) is 19.7. The van der Waals surface area contributed by atoms with Crippen molar-refractivity contribution < 1.29 is 14.3 Å². The summed E-state index contributed by atoms with van der Waals surface area (Å²) in [6.07, 6.45) is 0.927. The Hall–Kier alpha value is -3.08. The molecule has 0 aliphatic heterocycles. The van der Waals surface area contributed by atoms with Crippen molar-refractivity contribution in [1.82, 2.24) is 10.3 Å². The number of para-hydroxylation sites is 1. The fourth-order valence-corrected chi connectivity index (χ4v) is 3.14. The predicted octanol–water partition coefficient (Wildman–Crippen LogP) is 4.83. The number of aryl methyl sites for hydroxylation is 1. The zero-order valence-electron chi connectivity index (χ0n) is 16.8. The topological polar surface area (TPSA) is 60.5 Å². The van der Waals surface area contributed by atoms with E-state index in [1.54, 1.807) is 7.11 Å². The molecular formula is C23H26N2O3. The van der Waals surface area contributed by atoms with Crippen LogP contribution in [0.25, 0.3) is 10.9 Å². The largest absolute Gasteiger partial charge is 0.493 e. The number of amides is 1. The second kappa shape index (κ2) is 8.74. The number of benzene rings is 2. The lowest BCUT2D eigenvalue weighted by atomic mass is 10.0. The van der Waals surface area contributed by atoms with Crippen LogP contribution in [0.2, 0.25) is 0 Å². The van der Waals surface area contributed by atoms with Crippen molar-refractivity contribution in [1.29, 1.82) is 0 Å². The number of aromatic nitrogens is 1. The molecular weight excluding hydrogens is 352 g/mol. The summed E-state index contributed by atoms with van der Waals surface area (Å²) in [7, 11) is 1.62. The third-order valence-electron chi connectivity index (χ3n) is 4.59. The van der Waals surface area contributed by atoms with Gasteiger partial charge in [0.25, 0.3) is 5.91 Å². The van der Waals surface area contributed by atoms with E-state index in [0.717, 1.165) is 28.6 Å². The Morgan fingerprint density at radius 1 is 1.14 bits per heavy atom. The molecule has 0 radical (unpaired) electrons. The Balaban J connectivity index is 1.83. The van der Waals surface area contributed by atoms with Crippen molar-refractivity contribution in [2.45, 2.75) is 33.2 Å². The summed E-state index contributed by atoms with van der Waals surface area (Å²) < 4.78 is 11.2. The molecule has 0 aliphatic rings. The summed E-state index contributed by atoms with van der Waals surface area (Å²) in [6, 6.07) is 15.1. The van der Waals surface area contributed by atoms with Gasteiger partial charge in [-0.25, -0.2) is 0 Å². The van der Waals surface area contributed by atoms with Crippen LogP contribution in [0.1, 0.15) is 47.9 Å². The molecule has 28 heavy (non-hydrogen) atoms. The molecule has 1 aromatic heterocycles. The van der Waals surface area contributed by atoms with Crippen LogP contribution in [0, 0.1) is 6.92 Å². The van der Waals surface area contributed by atoms with E-state index in [0.29, 0.717) is 23.7 Å². The van der Waals surface area contributed by atoms with E-state index in [4.69, 9.17) is 9.47 Å². The third kappa shape index (κ3) is 4.25. The summed E-state index contributed by atoms with van der Waals surface area (Å²) in [5.41, 5.74) is 3.21. The molecule has 1 N–H and O–H groups in total. The zero-order chi connectivity index (χ0) is 20.1. The van der Waals surface area contributed by atoms with E-state index < -0.39 is 0 Å². The van der Waals surface area contributed by atoms with Gasteiger partial charge in [-0.15, -0.1) is 0 Å². The first-order valence-corrected chi connectivity index (χ1v) is 9.51. The van der Waals surface area contributed by atoms with Gasteiger partial charge in [-0.1, -0.05) is 31.2 Å². The van der Waals surface area contributed by atoms with Gasteiger partial charge < -0.3 is 14.8 Å². The van der Waals surface area contributed by atoms with Crippen LogP contribution < -0.4 is 14.8 Å². The van der Waals surface area contributed by atoms with Crippen LogP contribution in [-0.2, 0) is 0 Å². The predicted molar refractivity (Wildman–Crippen MR) is 111 cm³/mol. The minimum atomic E-state index is -0.186. The van der Waals surface area contributed by atoms with Crippen LogP contribution in [0.3, 0.4) is 0 Å². The number of fused-ring (bicyclic) bond motifs is 1. The van der Waals surface area contributed by atoms with Gasteiger partial charge in [0.15, 0.2) is 11.5 Å². The Kier molecular flexibility index (Phi) is 6.14. The van der Waals surface area contributed by atoms with Gasteiger partial charge in [0, 0.05) is 11.1 Å². The molecule has 3 rings (SSSR count). The van der Waals surface area contributed by atoms with Crippen molar-refractivity contribution in [3.63, 3.8) is 0 Å². The normalized spacial score (nSPS) is 11.9. The molecule has 0 saturated heterocycles. The molecule has 0 aliphatic carbocycles. The number of hydrogen-bond donors (Lipinski definition) is 1. The van der Waals surface area contributed by atoms with E-state index in [1.165, 1.54) is 0 Å². The van der Waals surface area contributed by atoms with E-state index in [1.807, 2.05) is 62.4 Å². The average molecular weight is 378 g/mol. The summed E-state index contributed by atoms with van der Waals surface area (Å²) in [4.78, 5) is 17.5. The maximum Gasteiger partial charge on any atom is 0.252 e. The smallest absolute Gasteiger partial charge is 0.252 e. The van der Waals surface area contributed by atoms with E-state index >= 15 is 0 Å². The third-order valence-corrected chi connectivity index (χ3v) is 4.59. The number of nitrogens with one attached hydrogen (secondary N) is 1. The summed E-state index contributed by atoms with van der Waals surface area (Å²) in [6.45, 7) is 6.54. The molecule has 3 aromatic rings. The monoisotopic (exact) mass is 378 g/mol. The molecule has 5 heteroatoms. The molecule has 1 heterocycles. The number of ether oxygens (including phenoxy) is 2. The van der Waals surface area contributed by atoms with Crippen molar-refractivity contribution in [2.24, 2.45) is 0 Å². The molecule has 1 amide bonds. The Labute approximate surface area is 165 Å². The number of nitrogens with zero attached hydrogens (tertiary/aromatic N) is 1. The summed E-state index contributed by atoms with van der Waals surface area (Å²) >= 11 is 0. The van der Waals surface area contributed by atoms with Crippen LogP contribution in [0.4, 0.5) is 0 Å². The summed E-state index contributed by atoms with van der Waals surface area (Å²) in [5, 5.41) is 3.93. The van der Waals surface area contributed by atoms with Crippen molar-refractivity contribution in [3.8, 4) is 11.5 Å². The maximum absolute atomic E-state index is 13.0. The van der Waals surface area contributed by atoms with E-state index in [9.17, 15) is 4.79 Å². The second-order valence-corrected chi connectivity index (χ2v) is 6.78. The maximum atomic E-state index is 13.0. The molecule has 5 nitrogen and oxygen atoms in total. The fraction of sp³-hybridized carbons (Fsp3) is 0.304. The lowest BCUT2D eigenvalue weighted by Crippen LogP contribution is -2.27. The van der Waals surface area contributed by atoms with Gasteiger partial charge in [-0.05, 0) is 50.1 Å². The highest BCUT2D eigenvalue weighted by atomic mass is 16.5. The highest BCUT2D eigenvalue weighted by molar-refractivity contribution is 6.06. The second-order valence-electron chi connectivity index (χ2n) is 6.78. The first-order valence-electron chi connectivity index (χ1n) is 9.51. The molecule has 0 spiro atoms. The quantitative estimate of drug-likeness (QED) is 0.640. The van der Waals surface area contributed by atoms with E-state index in [2.05, 4.69) is 17.2 Å². The van der Waals surface area contributed by atoms with Crippen LogP contribution in [0.15, 0.2) is 48.5 Å². The van der Waals surface area contributed by atoms with Crippen molar-refractivity contribution in [2.75, 3.05) is 13.7 Å². The number of pyridine rings is 1. The number of carbonyl (C=O) groups is 1. The summed E-state index contributed by atoms with van der Waals surface area (Å²) in [5.74, 6) is 1.25. The molecule has 1 unspecified atom stereocenters. The lowest BCUT2D eigenvalue weighted by molar-refractivity contribution is 0.0941. The standard InChI is InChI=1S/C23H26N2O3/c1-5-12-28-21-11-10-17(14-22(21)27-4)16(3)25-23(26)19-13-15(2)24-20-9-7-6-8-18(19)20/h6-11,13-14,16H,5,12H2,1-4H3,(H,25,26). The average Bonchev–Trinajstić information content (AvgIpc) is 2.71. The Bertz CT molecular complexity index is 985. The minimum absolute atomic E-state index is 0.125. The first-order chi connectivity index (χ1) is 13.5. The van der Waals surface area contributed by atoms with Crippen LogP contribution in [-0.4, -0.2) is 24.6 Å².